The van der Waals surface area contributed by atoms with Gasteiger partial charge < -0.3 is 5.73 Å². The summed E-state index contributed by atoms with van der Waals surface area (Å²) in [5.41, 5.74) is 7.06. The maximum Gasteiger partial charge on any atom is 0.263 e. The van der Waals surface area contributed by atoms with Crippen LogP contribution in [0.25, 0.3) is 11.3 Å². The second-order valence-corrected chi connectivity index (χ2v) is 3.87. The Morgan fingerprint density at radius 1 is 1.20 bits per heavy atom. The predicted octanol–water partition coefficient (Wildman–Crippen LogP) is 3.33. The van der Waals surface area contributed by atoms with E-state index < -0.39 is 6.43 Å². The molecule has 0 fully saturated rings. The predicted molar refractivity (Wildman–Crippen MR) is 56.9 cm³/mol. The Morgan fingerprint density at radius 2 is 1.87 bits per heavy atom. The summed E-state index contributed by atoms with van der Waals surface area (Å²) in [5.74, 6) is 0. The lowest BCUT2D eigenvalue weighted by atomic mass is 10.1. The van der Waals surface area contributed by atoms with E-state index in [2.05, 4.69) is 4.37 Å². The lowest BCUT2D eigenvalue weighted by Gasteiger charge is -2.00. The molecule has 15 heavy (non-hydrogen) atoms. The van der Waals surface area contributed by atoms with E-state index in [1.165, 1.54) is 23.7 Å². The first-order valence-electron chi connectivity index (χ1n) is 4.27. The molecule has 0 aliphatic carbocycles. The summed E-state index contributed by atoms with van der Waals surface area (Å²) >= 11 is 1.19. The van der Waals surface area contributed by atoms with Crippen molar-refractivity contribution in [3.63, 3.8) is 0 Å². The van der Waals surface area contributed by atoms with Crippen molar-refractivity contribution in [2.45, 2.75) is 6.43 Å². The van der Waals surface area contributed by atoms with Crippen LogP contribution in [0.3, 0.4) is 0 Å². The highest BCUT2D eigenvalue weighted by molar-refractivity contribution is 7.10. The molecule has 5 heteroatoms. The maximum absolute atomic E-state index is 12.3. The fourth-order valence-corrected chi connectivity index (χ4v) is 1.75. The summed E-state index contributed by atoms with van der Waals surface area (Å²) in [4.78, 5) is 0. The number of aromatic nitrogens is 1. The molecule has 2 N–H and O–H groups in total. The van der Waals surface area contributed by atoms with Crippen molar-refractivity contribution in [3.05, 3.63) is 35.9 Å². The molecule has 1 aromatic carbocycles. The average Bonchev–Trinajstić information content (AvgIpc) is 2.65. The van der Waals surface area contributed by atoms with E-state index in [1.54, 1.807) is 18.2 Å². The van der Waals surface area contributed by atoms with Crippen molar-refractivity contribution in [3.8, 4) is 11.3 Å². The van der Waals surface area contributed by atoms with Crippen LogP contribution in [0.15, 0.2) is 30.3 Å². The number of halogens is 2. The molecule has 0 aliphatic heterocycles. The molecule has 0 radical (unpaired) electrons. The van der Waals surface area contributed by atoms with Crippen LogP contribution in [0.4, 0.5) is 13.8 Å². The summed E-state index contributed by atoms with van der Waals surface area (Å²) in [6.45, 7) is 0. The normalized spacial score (nSPS) is 10.9. The fourth-order valence-electron chi connectivity index (χ4n) is 1.22. The monoisotopic (exact) mass is 226 g/mol. The molecular formula is C10H8F2N2S. The molecule has 0 aliphatic rings. The van der Waals surface area contributed by atoms with Gasteiger partial charge in [-0.05, 0) is 11.5 Å². The van der Waals surface area contributed by atoms with Crippen LogP contribution in [0.5, 0.6) is 0 Å². The number of alkyl halides is 2. The zero-order valence-corrected chi connectivity index (χ0v) is 8.47. The summed E-state index contributed by atoms with van der Waals surface area (Å²) in [6.07, 6.45) is -2.43. The highest BCUT2D eigenvalue weighted by Gasteiger charge is 2.07. The SMILES string of the molecule is Nc1cc(-c2ccc(C(F)F)cc2)ns1. The first-order valence-corrected chi connectivity index (χ1v) is 5.05. The largest absolute Gasteiger partial charge is 0.389 e. The molecule has 1 aromatic heterocycles. The van der Waals surface area contributed by atoms with Gasteiger partial charge in [0.1, 0.15) is 5.00 Å². The van der Waals surface area contributed by atoms with Gasteiger partial charge in [-0.15, -0.1) is 0 Å². The molecule has 0 bridgehead atoms. The zero-order chi connectivity index (χ0) is 10.8. The van der Waals surface area contributed by atoms with Crippen molar-refractivity contribution in [1.82, 2.24) is 4.37 Å². The van der Waals surface area contributed by atoms with Gasteiger partial charge in [0.05, 0.1) is 5.69 Å². The third kappa shape index (κ3) is 2.12. The minimum atomic E-state index is -2.43. The highest BCUT2D eigenvalue weighted by atomic mass is 32.1. The van der Waals surface area contributed by atoms with E-state index in [4.69, 9.17) is 5.73 Å². The number of hydrogen-bond donors (Lipinski definition) is 1. The molecule has 0 saturated carbocycles. The smallest absolute Gasteiger partial charge is 0.263 e. The van der Waals surface area contributed by atoms with Crippen LogP contribution in [0.2, 0.25) is 0 Å². The lowest BCUT2D eigenvalue weighted by Crippen LogP contribution is -1.84. The standard InChI is InChI=1S/C10H8F2N2S/c11-10(12)7-3-1-6(2-4-7)8-5-9(13)15-14-8/h1-5,10H,13H2. The fraction of sp³-hybridized carbons (Fsp3) is 0.100. The van der Waals surface area contributed by atoms with Gasteiger partial charge in [-0.1, -0.05) is 24.3 Å². The molecule has 0 saturated heterocycles. The van der Waals surface area contributed by atoms with Crippen molar-refractivity contribution < 1.29 is 8.78 Å². The maximum atomic E-state index is 12.3. The topological polar surface area (TPSA) is 38.9 Å². The van der Waals surface area contributed by atoms with Crippen molar-refractivity contribution in [1.29, 1.82) is 0 Å². The summed E-state index contributed by atoms with van der Waals surface area (Å²) in [6, 6.07) is 7.76. The van der Waals surface area contributed by atoms with Crippen molar-refractivity contribution in [2.24, 2.45) is 0 Å². The van der Waals surface area contributed by atoms with Crippen molar-refractivity contribution in [2.75, 3.05) is 5.73 Å². The minimum Gasteiger partial charge on any atom is -0.389 e. The molecule has 2 aromatic rings. The number of nitrogens with two attached hydrogens (primary N) is 1. The molecule has 1 heterocycles. The second-order valence-electron chi connectivity index (χ2n) is 3.04. The highest BCUT2D eigenvalue weighted by Crippen LogP contribution is 2.26. The first kappa shape index (κ1) is 10.0. The van der Waals surface area contributed by atoms with Crippen LogP contribution in [-0.4, -0.2) is 4.37 Å². The Morgan fingerprint density at radius 3 is 2.33 bits per heavy atom. The van der Waals surface area contributed by atoms with Gasteiger partial charge in [0.15, 0.2) is 0 Å². The summed E-state index contributed by atoms with van der Waals surface area (Å²) < 4.78 is 28.6. The number of anilines is 1. The molecule has 0 amide bonds. The number of rotatable bonds is 2. The van der Waals surface area contributed by atoms with E-state index >= 15 is 0 Å². The number of nitrogens with zero attached hydrogens (tertiary/aromatic N) is 1. The van der Waals surface area contributed by atoms with Gasteiger partial charge in [-0.2, -0.15) is 4.37 Å². The zero-order valence-electron chi connectivity index (χ0n) is 7.65. The van der Waals surface area contributed by atoms with Gasteiger partial charge >= 0.3 is 0 Å². The summed E-state index contributed by atoms with van der Waals surface area (Å²) in [7, 11) is 0. The Balaban J connectivity index is 2.31. The number of hydrogen-bond acceptors (Lipinski definition) is 3. The van der Waals surface area contributed by atoms with E-state index in [-0.39, 0.29) is 5.56 Å². The van der Waals surface area contributed by atoms with Crippen LogP contribution in [-0.2, 0) is 0 Å². The van der Waals surface area contributed by atoms with E-state index in [9.17, 15) is 8.78 Å². The van der Waals surface area contributed by atoms with Crippen molar-refractivity contribution >= 4 is 16.5 Å². The molecular weight excluding hydrogens is 218 g/mol. The lowest BCUT2D eigenvalue weighted by molar-refractivity contribution is 0.151. The molecule has 0 unspecified atom stereocenters. The third-order valence-electron chi connectivity index (χ3n) is 1.99. The molecule has 0 atom stereocenters. The van der Waals surface area contributed by atoms with Crippen LogP contribution in [0, 0.1) is 0 Å². The summed E-state index contributed by atoms with van der Waals surface area (Å²) in [5, 5.41) is 0.614. The van der Waals surface area contributed by atoms with Crippen LogP contribution >= 0.6 is 11.5 Å². The molecule has 78 valence electrons. The Labute approximate surface area is 89.5 Å². The molecule has 2 rings (SSSR count). The number of nitrogen functional groups attached to an aromatic ring is 1. The first-order chi connectivity index (χ1) is 7.16. The van der Waals surface area contributed by atoms with Gasteiger partial charge in [-0.3, -0.25) is 0 Å². The second kappa shape index (κ2) is 3.94. The van der Waals surface area contributed by atoms with Crippen LogP contribution in [0.1, 0.15) is 12.0 Å². The van der Waals surface area contributed by atoms with Gasteiger partial charge in [0.25, 0.3) is 6.43 Å². The molecule has 2 nitrogen and oxygen atoms in total. The van der Waals surface area contributed by atoms with E-state index in [0.29, 0.717) is 5.00 Å². The Bertz CT molecular complexity index is 451. The average molecular weight is 226 g/mol. The van der Waals surface area contributed by atoms with Gasteiger partial charge in [0, 0.05) is 17.2 Å². The third-order valence-corrected chi connectivity index (χ3v) is 2.60. The van der Waals surface area contributed by atoms with Crippen LogP contribution < -0.4 is 5.73 Å². The van der Waals surface area contributed by atoms with Gasteiger partial charge in [-0.25, -0.2) is 8.78 Å². The van der Waals surface area contributed by atoms with E-state index in [1.807, 2.05) is 0 Å². The minimum absolute atomic E-state index is 0.0157. The number of benzene rings is 1. The quantitative estimate of drug-likeness (QED) is 0.853. The van der Waals surface area contributed by atoms with E-state index in [0.717, 1.165) is 11.3 Å². The Kier molecular flexibility index (Phi) is 2.64. The Hall–Kier alpha value is -1.49. The van der Waals surface area contributed by atoms with Gasteiger partial charge in [0.2, 0.25) is 0 Å². The molecule has 0 spiro atoms.